The third-order valence-electron chi connectivity index (χ3n) is 3.82. The zero-order chi connectivity index (χ0) is 15.1. The average molecular weight is 291 g/mol. The van der Waals surface area contributed by atoms with Crippen molar-refractivity contribution in [1.29, 1.82) is 0 Å². The summed E-state index contributed by atoms with van der Waals surface area (Å²) in [5.74, 6) is 0.254. The van der Waals surface area contributed by atoms with Gasteiger partial charge in [-0.15, -0.1) is 0 Å². The van der Waals surface area contributed by atoms with Crippen molar-refractivity contribution in [2.45, 2.75) is 32.1 Å². The highest BCUT2D eigenvalue weighted by Gasteiger charge is 2.20. The van der Waals surface area contributed by atoms with Gasteiger partial charge in [0, 0.05) is 25.1 Å². The van der Waals surface area contributed by atoms with Crippen LogP contribution < -0.4 is 10.6 Å². The Kier molecular flexibility index (Phi) is 5.54. The molecular weight excluding hydrogens is 270 g/mol. The zero-order valence-corrected chi connectivity index (χ0v) is 12.0. The lowest BCUT2D eigenvalue weighted by atomic mass is 9.89. The summed E-state index contributed by atoms with van der Waals surface area (Å²) in [4.78, 5) is 22.4. The second-order valence-electron chi connectivity index (χ2n) is 5.33. The molecule has 0 spiro atoms. The van der Waals surface area contributed by atoms with Crippen molar-refractivity contribution in [1.82, 2.24) is 5.32 Å². The van der Waals surface area contributed by atoms with E-state index < -0.39 is 4.92 Å². The Morgan fingerprint density at radius 2 is 1.90 bits per heavy atom. The summed E-state index contributed by atoms with van der Waals surface area (Å²) in [7, 11) is 0. The van der Waals surface area contributed by atoms with Crippen LogP contribution in [-0.2, 0) is 4.79 Å². The standard InChI is InChI=1S/C15H21N3O3/c19-15(12-6-2-1-3-7-12)17-11-10-16-13-8-4-5-9-14(13)18(20)21/h4-5,8-9,12,16H,1-3,6-7,10-11H2,(H,17,19). The first-order valence-electron chi connectivity index (χ1n) is 7.43. The van der Waals surface area contributed by atoms with E-state index in [1.54, 1.807) is 18.2 Å². The number of rotatable bonds is 6. The van der Waals surface area contributed by atoms with E-state index in [1.807, 2.05) is 0 Å². The molecule has 1 aromatic carbocycles. The maximum Gasteiger partial charge on any atom is 0.292 e. The van der Waals surface area contributed by atoms with Crippen molar-refractivity contribution in [3.05, 3.63) is 34.4 Å². The minimum atomic E-state index is -0.414. The van der Waals surface area contributed by atoms with E-state index in [4.69, 9.17) is 0 Å². The first-order chi connectivity index (χ1) is 10.2. The van der Waals surface area contributed by atoms with E-state index in [0.717, 1.165) is 25.7 Å². The number of nitro groups is 1. The highest BCUT2D eigenvalue weighted by Crippen LogP contribution is 2.24. The van der Waals surface area contributed by atoms with Crippen LogP contribution in [-0.4, -0.2) is 23.9 Å². The molecule has 1 amide bonds. The Morgan fingerprint density at radius 1 is 1.19 bits per heavy atom. The summed E-state index contributed by atoms with van der Waals surface area (Å²) in [6.45, 7) is 0.949. The molecule has 0 atom stereocenters. The van der Waals surface area contributed by atoms with Crippen LogP contribution in [0.25, 0.3) is 0 Å². The van der Waals surface area contributed by atoms with Crippen molar-refractivity contribution in [3.8, 4) is 0 Å². The van der Waals surface area contributed by atoms with Gasteiger partial charge < -0.3 is 10.6 Å². The molecule has 0 saturated heterocycles. The fraction of sp³-hybridized carbons (Fsp3) is 0.533. The van der Waals surface area contributed by atoms with Crippen LogP contribution in [0.15, 0.2) is 24.3 Å². The van der Waals surface area contributed by atoms with Crippen molar-refractivity contribution in [2.24, 2.45) is 5.92 Å². The monoisotopic (exact) mass is 291 g/mol. The average Bonchev–Trinajstić information content (AvgIpc) is 2.52. The summed E-state index contributed by atoms with van der Waals surface area (Å²) in [6, 6.07) is 6.51. The van der Waals surface area contributed by atoms with Crippen LogP contribution in [0.3, 0.4) is 0 Å². The van der Waals surface area contributed by atoms with Gasteiger partial charge in [-0.2, -0.15) is 0 Å². The molecule has 6 heteroatoms. The number of hydrogen-bond acceptors (Lipinski definition) is 4. The van der Waals surface area contributed by atoms with E-state index in [9.17, 15) is 14.9 Å². The number of carbonyl (C=O) groups is 1. The topological polar surface area (TPSA) is 84.3 Å². The fourth-order valence-electron chi connectivity index (χ4n) is 2.67. The van der Waals surface area contributed by atoms with Crippen LogP contribution in [0.1, 0.15) is 32.1 Å². The molecule has 0 aromatic heterocycles. The molecule has 0 unspecified atom stereocenters. The van der Waals surface area contributed by atoms with E-state index in [-0.39, 0.29) is 17.5 Å². The fourth-order valence-corrected chi connectivity index (χ4v) is 2.67. The van der Waals surface area contributed by atoms with Gasteiger partial charge in [0.15, 0.2) is 0 Å². The molecule has 1 aliphatic rings. The molecule has 1 aliphatic carbocycles. The van der Waals surface area contributed by atoms with Gasteiger partial charge in [0.05, 0.1) is 4.92 Å². The highest BCUT2D eigenvalue weighted by atomic mass is 16.6. The van der Waals surface area contributed by atoms with Gasteiger partial charge in [-0.25, -0.2) is 0 Å². The molecule has 1 saturated carbocycles. The van der Waals surface area contributed by atoms with Crippen molar-refractivity contribution in [3.63, 3.8) is 0 Å². The van der Waals surface area contributed by atoms with Crippen LogP contribution in [0.2, 0.25) is 0 Å². The molecular formula is C15H21N3O3. The van der Waals surface area contributed by atoms with Gasteiger partial charge in [-0.3, -0.25) is 14.9 Å². The smallest absolute Gasteiger partial charge is 0.292 e. The minimum absolute atomic E-state index is 0.0520. The Balaban J connectivity index is 1.74. The molecule has 21 heavy (non-hydrogen) atoms. The number of benzene rings is 1. The van der Waals surface area contributed by atoms with E-state index in [1.165, 1.54) is 12.5 Å². The van der Waals surface area contributed by atoms with Crippen molar-refractivity contribution in [2.75, 3.05) is 18.4 Å². The summed E-state index contributed by atoms with van der Waals surface area (Å²) >= 11 is 0. The maximum absolute atomic E-state index is 11.9. The molecule has 6 nitrogen and oxygen atoms in total. The number of anilines is 1. The van der Waals surface area contributed by atoms with Crippen LogP contribution in [0, 0.1) is 16.0 Å². The molecule has 1 aromatic rings. The Bertz CT molecular complexity index is 499. The third-order valence-corrected chi connectivity index (χ3v) is 3.82. The number of nitrogens with one attached hydrogen (secondary N) is 2. The van der Waals surface area contributed by atoms with Gasteiger partial charge in [0.1, 0.15) is 5.69 Å². The van der Waals surface area contributed by atoms with Gasteiger partial charge in [-0.1, -0.05) is 31.4 Å². The van der Waals surface area contributed by atoms with Gasteiger partial charge in [-0.05, 0) is 18.9 Å². The first-order valence-corrected chi connectivity index (χ1v) is 7.43. The Morgan fingerprint density at radius 3 is 2.62 bits per heavy atom. The quantitative estimate of drug-likeness (QED) is 0.479. The number of para-hydroxylation sites is 2. The summed E-state index contributed by atoms with van der Waals surface area (Å²) in [5.41, 5.74) is 0.533. The van der Waals surface area contributed by atoms with E-state index in [0.29, 0.717) is 18.8 Å². The molecule has 0 aliphatic heterocycles. The molecule has 114 valence electrons. The van der Waals surface area contributed by atoms with Crippen LogP contribution in [0.5, 0.6) is 0 Å². The van der Waals surface area contributed by atoms with Gasteiger partial charge in [0.25, 0.3) is 5.69 Å². The third kappa shape index (κ3) is 4.44. The molecule has 2 N–H and O–H groups in total. The molecule has 2 rings (SSSR count). The lowest BCUT2D eigenvalue weighted by molar-refractivity contribution is -0.384. The lowest BCUT2D eigenvalue weighted by Crippen LogP contribution is -2.35. The first kappa shape index (κ1) is 15.3. The van der Waals surface area contributed by atoms with Crippen molar-refractivity contribution < 1.29 is 9.72 Å². The Hall–Kier alpha value is -2.11. The Labute approximate surface area is 124 Å². The number of nitro benzene ring substituents is 1. The van der Waals surface area contributed by atoms with Crippen LogP contribution >= 0.6 is 0 Å². The summed E-state index contributed by atoms with van der Waals surface area (Å²) in [6.07, 6.45) is 5.44. The molecule has 0 bridgehead atoms. The summed E-state index contributed by atoms with van der Waals surface area (Å²) < 4.78 is 0. The van der Waals surface area contributed by atoms with E-state index >= 15 is 0 Å². The highest BCUT2D eigenvalue weighted by molar-refractivity contribution is 5.78. The largest absolute Gasteiger partial charge is 0.378 e. The number of hydrogen-bond donors (Lipinski definition) is 2. The van der Waals surface area contributed by atoms with Gasteiger partial charge in [0.2, 0.25) is 5.91 Å². The predicted octanol–water partition coefficient (Wildman–Crippen LogP) is 2.70. The maximum atomic E-state index is 11.9. The normalized spacial score (nSPS) is 15.4. The SMILES string of the molecule is O=C(NCCNc1ccccc1[N+](=O)[O-])C1CCCCC1. The minimum Gasteiger partial charge on any atom is -0.378 e. The molecule has 1 fully saturated rings. The lowest BCUT2D eigenvalue weighted by Gasteiger charge is -2.20. The van der Waals surface area contributed by atoms with Gasteiger partial charge >= 0.3 is 0 Å². The van der Waals surface area contributed by atoms with Crippen molar-refractivity contribution >= 4 is 17.3 Å². The summed E-state index contributed by atoms with van der Waals surface area (Å²) in [5, 5.41) is 16.8. The van der Waals surface area contributed by atoms with E-state index in [2.05, 4.69) is 10.6 Å². The zero-order valence-electron chi connectivity index (χ0n) is 12.0. The molecule has 0 heterocycles. The second kappa shape index (κ2) is 7.61. The number of amides is 1. The van der Waals surface area contributed by atoms with Crippen LogP contribution in [0.4, 0.5) is 11.4 Å². The molecule has 0 radical (unpaired) electrons. The predicted molar refractivity (Wildman–Crippen MR) is 81.2 cm³/mol. The number of nitrogens with zero attached hydrogens (tertiary/aromatic N) is 1. The second-order valence-corrected chi connectivity index (χ2v) is 5.33. The number of carbonyl (C=O) groups excluding carboxylic acids is 1.